The molecule has 0 aliphatic carbocycles. The maximum atomic E-state index is 11.8. The molecule has 1 aromatic carbocycles. The topological polar surface area (TPSA) is 38.3 Å². The van der Waals surface area contributed by atoms with Crippen LogP contribution < -0.4 is 5.32 Å². The molecule has 1 aromatic rings. The highest BCUT2D eigenvalue weighted by atomic mass is 16.5. The average Bonchev–Trinajstić information content (AvgIpc) is 2.41. The van der Waals surface area contributed by atoms with E-state index in [1.165, 1.54) is 0 Å². The molecule has 0 spiro atoms. The van der Waals surface area contributed by atoms with E-state index in [2.05, 4.69) is 5.32 Å². The van der Waals surface area contributed by atoms with Crippen molar-refractivity contribution in [3.63, 3.8) is 0 Å². The lowest BCUT2D eigenvalue weighted by Gasteiger charge is -2.20. The van der Waals surface area contributed by atoms with Gasteiger partial charge in [0, 0.05) is 25.1 Å². The van der Waals surface area contributed by atoms with Gasteiger partial charge in [0.05, 0.1) is 12.7 Å². The highest BCUT2D eigenvalue weighted by Gasteiger charge is 2.09. The Bertz CT molecular complexity index is 380. The van der Waals surface area contributed by atoms with Crippen molar-refractivity contribution in [3.8, 4) is 0 Å². The van der Waals surface area contributed by atoms with Gasteiger partial charge in [0.2, 0.25) is 0 Å². The normalized spacial score (nSPS) is 20.6. The Hall–Kier alpha value is -1.45. The van der Waals surface area contributed by atoms with Crippen molar-refractivity contribution in [2.24, 2.45) is 0 Å². The van der Waals surface area contributed by atoms with Gasteiger partial charge in [-0.05, 0) is 0 Å². The largest absolute Gasteiger partial charge is 0.372 e. The Balaban J connectivity index is 1.81. The standard InChI is InChI=1S/C14H17NO2/c16-14(12-5-2-1-3-6-12)8-4-7-13-11-15-9-10-17-13/h1-7,13,15H,8-11H2. The van der Waals surface area contributed by atoms with E-state index in [9.17, 15) is 4.79 Å². The number of Topliss-reactive ketones (excluding diaryl/α,β-unsaturated/α-hetero) is 1. The second-order valence-corrected chi connectivity index (χ2v) is 4.03. The third-order valence-electron chi connectivity index (χ3n) is 2.71. The van der Waals surface area contributed by atoms with Crippen LogP contribution in [0.4, 0.5) is 0 Å². The van der Waals surface area contributed by atoms with Crippen molar-refractivity contribution in [3.05, 3.63) is 48.0 Å². The van der Waals surface area contributed by atoms with Crippen molar-refractivity contribution in [2.45, 2.75) is 12.5 Å². The van der Waals surface area contributed by atoms with Gasteiger partial charge in [0.15, 0.2) is 5.78 Å². The fourth-order valence-electron chi connectivity index (χ4n) is 1.78. The first-order valence-corrected chi connectivity index (χ1v) is 5.93. The molecule has 17 heavy (non-hydrogen) atoms. The molecule has 1 fully saturated rings. The highest BCUT2D eigenvalue weighted by molar-refractivity contribution is 5.96. The fourth-order valence-corrected chi connectivity index (χ4v) is 1.78. The lowest BCUT2D eigenvalue weighted by molar-refractivity contribution is 0.0590. The summed E-state index contributed by atoms with van der Waals surface area (Å²) in [4.78, 5) is 11.8. The van der Waals surface area contributed by atoms with Crippen LogP contribution in [0.25, 0.3) is 0 Å². The van der Waals surface area contributed by atoms with Gasteiger partial charge in [-0.25, -0.2) is 0 Å². The van der Waals surface area contributed by atoms with E-state index in [4.69, 9.17) is 4.74 Å². The van der Waals surface area contributed by atoms with E-state index < -0.39 is 0 Å². The molecular weight excluding hydrogens is 214 g/mol. The first-order valence-electron chi connectivity index (χ1n) is 5.93. The molecule has 1 unspecified atom stereocenters. The number of rotatable bonds is 4. The van der Waals surface area contributed by atoms with Gasteiger partial charge >= 0.3 is 0 Å². The predicted octanol–water partition coefficient (Wildman–Crippen LogP) is 1.80. The van der Waals surface area contributed by atoms with Crippen LogP contribution in [-0.4, -0.2) is 31.6 Å². The lowest BCUT2D eigenvalue weighted by Crippen LogP contribution is -2.37. The van der Waals surface area contributed by atoms with Crippen LogP contribution in [0.1, 0.15) is 16.8 Å². The molecule has 3 heteroatoms. The Morgan fingerprint density at radius 2 is 2.24 bits per heavy atom. The number of ether oxygens (including phenoxy) is 1. The smallest absolute Gasteiger partial charge is 0.166 e. The van der Waals surface area contributed by atoms with Gasteiger partial charge in [0.25, 0.3) is 0 Å². The summed E-state index contributed by atoms with van der Waals surface area (Å²) < 4.78 is 5.50. The van der Waals surface area contributed by atoms with Crippen LogP contribution in [0.3, 0.4) is 0 Å². The van der Waals surface area contributed by atoms with Crippen LogP contribution in [0.2, 0.25) is 0 Å². The number of ketones is 1. The molecule has 0 radical (unpaired) electrons. The molecule has 2 rings (SSSR count). The summed E-state index contributed by atoms with van der Waals surface area (Å²) in [5.74, 6) is 0.144. The van der Waals surface area contributed by atoms with Gasteiger partial charge in [-0.2, -0.15) is 0 Å². The number of benzene rings is 1. The first kappa shape index (κ1) is 12.0. The Morgan fingerprint density at radius 3 is 2.94 bits per heavy atom. The van der Waals surface area contributed by atoms with Crippen LogP contribution in [-0.2, 0) is 4.74 Å². The average molecular weight is 231 g/mol. The highest BCUT2D eigenvalue weighted by Crippen LogP contribution is 2.05. The van der Waals surface area contributed by atoms with Crippen molar-refractivity contribution >= 4 is 5.78 Å². The second-order valence-electron chi connectivity index (χ2n) is 4.03. The maximum Gasteiger partial charge on any atom is 0.166 e. The molecule has 0 aromatic heterocycles. The van der Waals surface area contributed by atoms with Crippen LogP contribution >= 0.6 is 0 Å². The van der Waals surface area contributed by atoms with Gasteiger partial charge in [-0.1, -0.05) is 42.5 Å². The minimum absolute atomic E-state index is 0.104. The zero-order chi connectivity index (χ0) is 11.9. The molecule has 1 N–H and O–H groups in total. The van der Waals surface area contributed by atoms with E-state index >= 15 is 0 Å². The molecule has 0 saturated carbocycles. The molecule has 1 aliphatic rings. The number of carbonyl (C=O) groups is 1. The number of morpholine rings is 1. The van der Waals surface area contributed by atoms with E-state index in [1.54, 1.807) is 0 Å². The zero-order valence-electron chi connectivity index (χ0n) is 9.76. The molecule has 0 bridgehead atoms. The minimum Gasteiger partial charge on any atom is -0.372 e. The zero-order valence-corrected chi connectivity index (χ0v) is 9.76. The number of hydrogen-bond donors (Lipinski definition) is 1. The molecule has 0 amide bonds. The Morgan fingerprint density at radius 1 is 1.41 bits per heavy atom. The molecule has 3 nitrogen and oxygen atoms in total. The second kappa shape index (κ2) is 6.33. The van der Waals surface area contributed by atoms with Gasteiger partial charge in [-0.15, -0.1) is 0 Å². The summed E-state index contributed by atoms with van der Waals surface area (Å²) in [5, 5.41) is 3.24. The van der Waals surface area contributed by atoms with Gasteiger partial charge < -0.3 is 10.1 Å². The van der Waals surface area contributed by atoms with Crippen LogP contribution in [0, 0.1) is 0 Å². The maximum absolute atomic E-state index is 11.8. The summed E-state index contributed by atoms with van der Waals surface area (Å²) >= 11 is 0. The number of carbonyl (C=O) groups excluding carboxylic acids is 1. The van der Waals surface area contributed by atoms with Crippen molar-refractivity contribution in [1.29, 1.82) is 0 Å². The summed E-state index contributed by atoms with van der Waals surface area (Å²) in [6, 6.07) is 9.36. The number of nitrogens with one attached hydrogen (secondary N) is 1. The molecule has 1 saturated heterocycles. The molecule has 90 valence electrons. The third-order valence-corrected chi connectivity index (χ3v) is 2.71. The van der Waals surface area contributed by atoms with Crippen LogP contribution in [0.5, 0.6) is 0 Å². The quantitative estimate of drug-likeness (QED) is 0.634. The Kier molecular flexibility index (Phi) is 4.47. The van der Waals surface area contributed by atoms with E-state index in [0.717, 1.165) is 25.3 Å². The number of allylic oxidation sites excluding steroid dienone is 1. The van der Waals surface area contributed by atoms with Crippen molar-refractivity contribution in [1.82, 2.24) is 5.32 Å². The van der Waals surface area contributed by atoms with E-state index in [1.807, 2.05) is 42.5 Å². The monoisotopic (exact) mass is 231 g/mol. The van der Waals surface area contributed by atoms with Crippen molar-refractivity contribution < 1.29 is 9.53 Å². The van der Waals surface area contributed by atoms with Crippen molar-refractivity contribution in [2.75, 3.05) is 19.7 Å². The summed E-state index contributed by atoms with van der Waals surface area (Å²) in [6.07, 6.45) is 4.40. The lowest BCUT2D eigenvalue weighted by atomic mass is 10.1. The Labute approximate surface area is 101 Å². The van der Waals surface area contributed by atoms with E-state index in [0.29, 0.717) is 6.42 Å². The SMILES string of the molecule is O=C(CC=CC1CNCCO1)c1ccccc1. The van der Waals surface area contributed by atoms with Crippen LogP contribution in [0.15, 0.2) is 42.5 Å². The summed E-state index contributed by atoms with van der Waals surface area (Å²) in [6.45, 7) is 2.48. The summed E-state index contributed by atoms with van der Waals surface area (Å²) in [7, 11) is 0. The minimum atomic E-state index is 0.104. The van der Waals surface area contributed by atoms with E-state index in [-0.39, 0.29) is 11.9 Å². The third kappa shape index (κ3) is 3.80. The molecular formula is C14H17NO2. The fraction of sp³-hybridized carbons (Fsp3) is 0.357. The molecule has 1 aliphatic heterocycles. The molecule has 1 atom stereocenters. The summed E-state index contributed by atoms with van der Waals surface area (Å²) in [5.41, 5.74) is 0.764. The molecule has 1 heterocycles. The number of hydrogen-bond acceptors (Lipinski definition) is 3. The first-order chi connectivity index (χ1) is 8.36. The van der Waals surface area contributed by atoms with Gasteiger partial charge in [-0.3, -0.25) is 4.79 Å². The van der Waals surface area contributed by atoms with Gasteiger partial charge in [0.1, 0.15) is 0 Å². The predicted molar refractivity (Wildman–Crippen MR) is 67.1 cm³/mol.